The van der Waals surface area contributed by atoms with Crippen LogP contribution in [-0.4, -0.2) is 53.1 Å². The van der Waals surface area contributed by atoms with E-state index in [1.807, 2.05) is 24.3 Å². The largest absolute Gasteiger partial charge is 0.497 e. The van der Waals surface area contributed by atoms with Crippen LogP contribution in [0.2, 0.25) is 0 Å². The second-order valence-corrected chi connectivity index (χ2v) is 6.53. The first-order valence-electron chi connectivity index (χ1n) is 9.60. The molecule has 0 fully saturated rings. The molecule has 2 aromatic heterocycles. The van der Waals surface area contributed by atoms with E-state index in [4.69, 9.17) is 14.2 Å². The average molecular weight is 419 g/mol. The third-order valence-electron chi connectivity index (χ3n) is 4.56. The Hall–Kier alpha value is -4.14. The molecule has 0 saturated heterocycles. The number of hydrogen-bond acceptors (Lipinski definition) is 7. The highest BCUT2D eigenvalue weighted by atomic mass is 16.5. The Morgan fingerprint density at radius 2 is 1.77 bits per heavy atom. The van der Waals surface area contributed by atoms with Crippen molar-refractivity contribution >= 4 is 11.6 Å². The number of methoxy groups -OCH3 is 2. The van der Waals surface area contributed by atoms with E-state index in [0.717, 1.165) is 11.3 Å². The highest BCUT2D eigenvalue weighted by molar-refractivity contribution is 5.94. The maximum atomic E-state index is 12.2. The van der Waals surface area contributed by atoms with Crippen LogP contribution in [0.5, 0.6) is 17.4 Å². The Morgan fingerprint density at radius 3 is 2.55 bits per heavy atom. The number of fused-ring (bicyclic) bond motifs is 1. The predicted molar refractivity (Wildman–Crippen MR) is 114 cm³/mol. The van der Waals surface area contributed by atoms with Gasteiger partial charge in [-0.05, 0) is 48.5 Å². The third-order valence-corrected chi connectivity index (χ3v) is 4.56. The van der Waals surface area contributed by atoms with Gasteiger partial charge in [-0.2, -0.15) is 4.52 Å². The SMILES string of the molecule is COc1ccc(-c2nnc3ccc(OCCNC(=O)c4cccc(OC)c4)nn23)cc1. The van der Waals surface area contributed by atoms with Crippen LogP contribution in [-0.2, 0) is 0 Å². The summed E-state index contributed by atoms with van der Waals surface area (Å²) in [7, 11) is 3.18. The number of ether oxygens (including phenoxy) is 3. The summed E-state index contributed by atoms with van der Waals surface area (Å²) < 4.78 is 17.6. The number of aromatic nitrogens is 4. The van der Waals surface area contributed by atoms with E-state index in [1.165, 1.54) is 0 Å². The summed E-state index contributed by atoms with van der Waals surface area (Å²) in [5.74, 6) is 2.17. The van der Waals surface area contributed by atoms with Crippen molar-refractivity contribution in [2.24, 2.45) is 0 Å². The summed E-state index contributed by atoms with van der Waals surface area (Å²) in [6.45, 7) is 0.581. The van der Waals surface area contributed by atoms with E-state index in [2.05, 4.69) is 20.6 Å². The number of benzene rings is 2. The van der Waals surface area contributed by atoms with Crippen LogP contribution in [0.25, 0.3) is 17.0 Å². The van der Waals surface area contributed by atoms with Crippen LogP contribution in [0.15, 0.2) is 60.7 Å². The van der Waals surface area contributed by atoms with Gasteiger partial charge in [-0.3, -0.25) is 4.79 Å². The molecule has 0 aliphatic heterocycles. The van der Waals surface area contributed by atoms with Crippen molar-refractivity contribution in [1.29, 1.82) is 0 Å². The van der Waals surface area contributed by atoms with E-state index in [0.29, 0.717) is 35.2 Å². The predicted octanol–water partition coefficient (Wildman–Crippen LogP) is 2.62. The van der Waals surface area contributed by atoms with Crippen LogP contribution >= 0.6 is 0 Å². The van der Waals surface area contributed by atoms with Crippen LogP contribution in [0.1, 0.15) is 10.4 Å². The minimum atomic E-state index is -0.202. The molecule has 0 aliphatic rings. The molecule has 2 heterocycles. The molecular weight excluding hydrogens is 398 g/mol. The Balaban J connectivity index is 1.39. The fraction of sp³-hybridized carbons (Fsp3) is 0.182. The van der Waals surface area contributed by atoms with Crippen LogP contribution in [0.3, 0.4) is 0 Å². The van der Waals surface area contributed by atoms with Crippen molar-refractivity contribution in [2.75, 3.05) is 27.4 Å². The minimum absolute atomic E-state index is 0.202. The molecule has 158 valence electrons. The smallest absolute Gasteiger partial charge is 0.251 e. The molecule has 0 atom stereocenters. The number of nitrogens with one attached hydrogen (secondary N) is 1. The molecule has 0 radical (unpaired) electrons. The molecule has 0 bridgehead atoms. The highest BCUT2D eigenvalue weighted by Gasteiger charge is 2.11. The fourth-order valence-electron chi connectivity index (χ4n) is 2.96. The summed E-state index contributed by atoms with van der Waals surface area (Å²) in [6, 6.07) is 17.9. The normalized spacial score (nSPS) is 10.6. The van der Waals surface area contributed by atoms with Gasteiger partial charge in [0.1, 0.15) is 18.1 Å². The van der Waals surface area contributed by atoms with Crippen LogP contribution < -0.4 is 19.5 Å². The van der Waals surface area contributed by atoms with E-state index in [-0.39, 0.29) is 12.5 Å². The summed E-state index contributed by atoms with van der Waals surface area (Å²) in [6.07, 6.45) is 0. The van der Waals surface area contributed by atoms with E-state index in [9.17, 15) is 4.79 Å². The number of amides is 1. The van der Waals surface area contributed by atoms with Gasteiger partial charge in [-0.1, -0.05) is 6.07 Å². The molecule has 4 rings (SSSR count). The van der Waals surface area contributed by atoms with Gasteiger partial charge in [0.25, 0.3) is 5.91 Å². The van der Waals surface area contributed by atoms with Gasteiger partial charge in [0.2, 0.25) is 5.88 Å². The van der Waals surface area contributed by atoms with Crippen molar-refractivity contribution in [3.63, 3.8) is 0 Å². The monoisotopic (exact) mass is 419 g/mol. The number of hydrogen-bond donors (Lipinski definition) is 1. The minimum Gasteiger partial charge on any atom is -0.497 e. The highest BCUT2D eigenvalue weighted by Crippen LogP contribution is 2.21. The van der Waals surface area contributed by atoms with Gasteiger partial charge in [-0.25, -0.2) is 0 Å². The van der Waals surface area contributed by atoms with Crippen molar-refractivity contribution in [3.8, 4) is 28.8 Å². The van der Waals surface area contributed by atoms with Crippen LogP contribution in [0, 0.1) is 0 Å². The molecule has 31 heavy (non-hydrogen) atoms. The van der Waals surface area contributed by atoms with Gasteiger partial charge in [0, 0.05) is 17.2 Å². The first-order chi connectivity index (χ1) is 15.2. The fourth-order valence-corrected chi connectivity index (χ4v) is 2.96. The zero-order valence-electron chi connectivity index (χ0n) is 17.1. The standard InChI is InChI=1S/C22H21N5O4/c1-29-17-8-6-15(7-9-17)21-25-24-19-10-11-20(26-27(19)21)31-13-12-23-22(28)16-4-3-5-18(14-16)30-2/h3-11,14H,12-13H2,1-2H3,(H,23,28). The van der Waals surface area contributed by atoms with Crippen LogP contribution in [0.4, 0.5) is 0 Å². The zero-order chi connectivity index (χ0) is 21.6. The number of carbonyl (C=O) groups excluding carboxylic acids is 1. The first kappa shape index (κ1) is 20.1. The molecule has 0 unspecified atom stereocenters. The molecule has 9 heteroatoms. The van der Waals surface area contributed by atoms with Gasteiger partial charge in [0.15, 0.2) is 11.5 Å². The van der Waals surface area contributed by atoms with Crippen molar-refractivity contribution in [3.05, 3.63) is 66.2 Å². The Labute approximate surface area is 178 Å². The lowest BCUT2D eigenvalue weighted by molar-refractivity contribution is 0.0946. The van der Waals surface area contributed by atoms with Gasteiger partial charge >= 0.3 is 0 Å². The molecule has 2 aromatic carbocycles. The van der Waals surface area contributed by atoms with Crippen molar-refractivity contribution in [2.45, 2.75) is 0 Å². The second kappa shape index (κ2) is 9.12. The maximum Gasteiger partial charge on any atom is 0.251 e. The molecule has 1 amide bonds. The molecule has 1 N–H and O–H groups in total. The van der Waals surface area contributed by atoms with Gasteiger partial charge in [0.05, 0.1) is 20.8 Å². The first-order valence-corrected chi connectivity index (χ1v) is 9.60. The summed E-state index contributed by atoms with van der Waals surface area (Å²) in [4.78, 5) is 12.2. The summed E-state index contributed by atoms with van der Waals surface area (Å²) >= 11 is 0. The van der Waals surface area contributed by atoms with Gasteiger partial charge < -0.3 is 19.5 Å². The van der Waals surface area contributed by atoms with Crippen molar-refractivity contribution in [1.82, 2.24) is 25.1 Å². The molecule has 4 aromatic rings. The van der Waals surface area contributed by atoms with E-state index in [1.54, 1.807) is 55.1 Å². The number of rotatable bonds is 8. The maximum absolute atomic E-state index is 12.2. The molecule has 0 aliphatic carbocycles. The molecular formula is C22H21N5O4. The van der Waals surface area contributed by atoms with Gasteiger partial charge in [-0.15, -0.1) is 15.3 Å². The lowest BCUT2D eigenvalue weighted by Gasteiger charge is -2.08. The lowest BCUT2D eigenvalue weighted by atomic mass is 10.2. The second-order valence-electron chi connectivity index (χ2n) is 6.53. The quantitative estimate of drug-likeness (QED) is 0.438. The Kier molecular flexibility index (Phi) is 5.93. The van der Waals surface area contributed by atoms with Crippen molar-refractivity contribution < 1.29 is 19.0 Å². The zero-order valence-corrected chi connectivity index (χ0v) is 17.1. The topological polar surface area (TPSA) is 99.9 Å². The van der Waals surface area contributed by atoms with E-state index < -0.39 is 0 Å². The van der Waals surface area contributed by atoms with E-state index >= 15 is 0 Å². The molecule has 9 nitrogen and oxygen atoms in total. The summed E-state index contributed by atoms with van der Waals surface area (Å²) in [5, 5.41) is 15.6. The lowest BCUT2D eigenvalue weighted by Crippen LogP contribution is -2.28. The number of carbonyl (C=O) groups is 1. The molecule has 0 saturated carbocycles. The third kappa shape index (κ3) is 4.55. The Morgan fingerprint density at radius 1 is 0.968 bits per heavy atom. The average Bonchev–Trinajstić information content (AvgIpc) is 3.25. The number of nitrogens with zero attached hydrogens (tertiary/aromatic N) is 4. The Bertz CT molecular complexity index is 1190. The molecule has 0 spiro atoms. The summed E-state index contributed by atoms with van der Waals surface area (Å²) in [5.41, 5.74) is 1.97.